The van der Waals surface area contributed by atoms with Crippen molar-refractivity contribution in [1.82, 2.24) is 5.32 Å². The van der Waals surface area contributed by atoms with Crippen LogP contribution < -0.4 is 5.32 Å². The number of hydrogen-bond donors (Lipinski definition) is 1. The van der Waals surface area contributed by atoms with Gasteiger partial charge in [0.15, 0.2) is 12.1 Å². The fourth-order valence-corrected chi connectivity index (χ4v) is 3.69. The van der Waals surface area contributed by atoms with E-state index in [1.807, 2.05) is 0 Å². The first-order valence-corrected chi connectivity index (χ1v) is 7.64. The van der Waals surface area contributed by atoms with E-state index in [1.165, 1.54) is 12.8 Å². The molecule has 3 saturated heterocycles. The van der Waals surface area contributed by atoms with Gasteiger partial charge in [0.2, 0.25) is 0 Å². The summed E-state index contributed by atoms with van der Waals surface area (Å²) in [5, 5.41) is 3.59. The minimum Gasteiger partial charge on any atom is -0.348 e. The number of ether oxygens (including phenoxy) is 4. The number of rotatable bonds is 2. The molecule has 4 fully saturated rings. The number of nitrogens with one attached hydrogen (secondary N) is 1. The summed E-state index contributed by atoms with van der Waals surface area (Å²) >= 11 is 0. The van der Waals surface area contributed by atoms with Crippen molar-refractivity contribution in [1.29, 1.82) is 0 Å². The van der Waals surface area contributed by atoms with E-state index in [4.69, 9.17) is 18.9 Å². The third-order valence-electron chi connectivity index (χ3n) is 4.81. The predicted octanol–water partition coefficient (Wildman–Crippen LogP) is 1.17. The van der Waals surface area contributed by atoms with Crippen LogP contribution in [0.5, 0.6) is 0 Å². The van der Waals surface area contributed by atoms with Crippen LogP contribution in [0.15, 0.2) is 0 Å². The monoisotopic (exact) mass is 269 g/mol. The molecule has 2 bridgehead atoms. The molecule has 1 saturated carbocycles. The van der Waals surface area contributed by atoms with Gasteiger partial charge in [0.1, 0.15) is 0 Å². The summed E-state index contributed by atoms with van der Waals surface area (Å²) in [4.78, 5) is 0. The van der Waals surface area contributed by atoms with Gasteiger partial charge in [-0.1, -0.05) is 0 Å². The summed E-state index contributed by atoms with van der Waals surface area (Å²) in [5.41, 5.74) is 0. The Labute approximate surface area is 113 Å². The highest BCUT2D eigenvalue weighted by Crippen LogP contribution is 2.36. The van der Waals surface area contributed by atoms with Crippen LogP contribution >= 0.6 is 0 Å². The SMILES string of the molecule is C1CCC2(C1)OCC(NC1CC[C@H]3CO[C@@H]1O3)CO2. The van der Waals surface area contributed by atoms with Gasteiger partial charge in [0.25, 0.3) is 0 Å². The minimum atomic E-state index is -0.254. The van der Waals surface area contributed by atoms with Crippen LogP contribution in [0, 0.1) is 0 Å². The third-order valence-corrected chi connectivity index (χ3v) is 4.81. The topological polar surface area (TPSA) is 49.0 Å². The zero-order chi connectivity index (χ0) is 12.7. The first-order chi connectivity index (χ1) is 9.33. The Kier molecular flexibility index (Phi) is 3.28. The molecule has 108 valence electrons. The van der Waals surface area contributed by atoms with Crippen molar-refractivity contribution in [2.75, 3.05) is 19.8 Å². The van der Waals surface area contributed by atoms with E-state index in [-0.39, 0.29) is 24.2 Å². The second-order valence-electron chi connectivity index (χ2n) is 6.25. The Morgan fingerprint density at radius 1 is 0.947 bits per heavy atom. The smallest absolute Gasteiger partial charge is 0.173 e. The van der Waals surface area contributed by atoms with Crippen LogP contribution in [0.2, 0.25) is 0 Å². The molecule has 3 atom stereocenters. The Morgan fingerprint density at radius 3 is 2.53 bits per heavy atom. The van der Waals surface area contributed by atoms with Crippen LogP contribution in [0.1, 0.15) is 38.5 Å². The second kappa shape index (κ2) is 4.97. The van der Waals surface area contributed by atoms with Gasteiger partial charge in [-0.2, -0.15) is 0 Å². The molecule has 0 aromatic carbocycles. The lowest BCUT2D eigenvalue weighted by Crippen LogP contribution is -2.55. The summed E-state index contributed by atoms with van der Waals surface area (Å²) in [5.74, 6) is -0.254. The van der Waals surface area contributed by atoms with Gasteiger partial charge >= 0.3 is 0 Å². The van der Waals surface area contributed by atoms with Crippen LogP contribution in [0.4, 0.5) is 0 Å². The summed E-state index contributed by atoms with van der Waals surface area (Å²) < 4.78 is 23.4. The van der Waals surface area contributed by atoms with Crippen LogP contribution in [0.3, 0.4) is 0 Å². The van der Waals surface area contributed by atoms with Crippen molar-refractivity contribution < 1.29 is 18.9 Å². The highest BCUT2D eigenvalue weighted by Gasteiger charge is 2.43. The highest BCUT2D eigenvalue weighted by atomic mass is 16.7. The van der Waals surface area contributed by atoms with E-state index in [0.29, 0.717) is 6.10 Å². The molecular weight excluding hydrogens is 246 g/mol. The molecule has 0 amide bonds. The molecule has 1 unspecified atom stereocenters. The summed E-state index contributed by atoms with van der Waals surface area (Å²) in [6.07, 6.45) is 7.03. The number of fused-ring (bicyclic) bond motifs is 2. The van der Waals surface area contributed by atoms with Gasteiger partial charge in [-0.15, -0.1) is 0 Å². The summed E-state index contributed by atoms with van der Waals surface area (Å²) in [7, 11) is 0. The van der Waals surface area contributed by atoms with E-state index in [1.54, 1.807) is 0 Å². The standard InChI is InChI=1S/C14H23NO4/c1-2-6-14(5-1)17-7-10(8-18-14)15-12-4-3-11-9-16-13(12)19-11/h10-13,15H,1-9H2/t11-,12?,13+/m0/s1. The molecule has 19 heavy (non-hydrogen) atoms. The summed E-state index contributed by atoms with van der Waals surface area (Å²) in [6.45, 7) is 2.24. The van der Waals surface area contributed by atoms with Crippen molar-refractivity contribution in [3.63, 3.8) is 0 Å². The lowest BCUT2D eigenvalue weighted by Gasteiger charge is -2.40. The van der Waals surface area contributed by atoms with Crippen LogP contribution in [-0.4, -0.2) is 50.1 Å². The van der Waals surface area contributed by atoms with Gasteiger partial charge in [0, 0.05) is 12.8 Å². The average molecular weight is 269 g/mol. The molecule has 1 spiro atoms. The molecule has 4 aliphatic rings. The first kappa shape index (κ1) is 12.5. The second-order valence-corrected chi connectivity index (χ2v) is 6.25. The fraction of sp³-hybridized carbons (Fsp3) is 1.00. The van der Waals surface area contributed by atoms with Gasteiger partial charge < -0.3 is 24.3 Å². The van der Waals surface area contributed by atoms with Crippen molar-refractivity contribution in [2.24, 2.45) is 0 Å². The van der Waals surface area contributed by atoms with E-state index in [0.717, 1.165) is 45.5 Å². The summed E-state index contributed by atoms with van der Waals surface area (Å²) in [6, 6.07) is 0.550. The zero-order valence-corrected chi connectivity index (χ0v) is 11.3. The van der Waals surface area contributed by atoms with Crippen LogP contribution in [-0.2, 0) is 18.9 Å². The molecule has 3 aliphatic heterocycles. The average Bonchev–Trinajstić information content (AvgIpc) is 3.04. The molecule has 0 aromatic rings. The van der Waals surface area contributed by atoms with E-state index < -0.39 is 0 Å². The van der Waals surface area contributed by atoms with Gasteiger partial charge in [-0.25, -0.2) is 0 Å². The quantitative estimate of drug-likeness (QED) is 0.815. The Hall–Kier alpha value is -0.200. The Bertz CT molecular complexity index is 321. The number of hydrogen-bond acceptors (Lipinski definition) is 5. The highest BCUT2D eigenvalue weighted by molar-refractivity contribution is 4.89. The molecule has 3 heterocycles. The largest absolute Gasteiger partial charge is 0.348 e. The van der Waals surface area contributed by atoms with Crippen molar-refractivity contribution in [3.05, 3.63) is 0 Å². The molecule has 5 heteroatoms. The molecule has 0 aromatic heterocycles. The van der Waals surface area contributed by atoms with Crippen molar-refractivity contribution in [3.8, 4) is 0 Å². The molecule has 5 nitrogen and oxygen atoms in total. The first-order valence-electron chi connectivity index (χ1n) is 7.64. The van der Waals surface area contributed by atoms with Gasteiger partial charge in [-0.05, 0) is 25.7 Å². The van der Waals surface area contributed by atoms with E-state index in [9.17, 15) is 0 Å². The molecule has 1 aliphatic carbocycles. The molecule has 0 radical (unpaired) electrons. The predicted molar refractivity (Wildman–Crippen MR) is 67.7 cm³/mol. The molecule has 4 rings (SSSR count). The minimum absolute atomic E-state index is 0.0684. The van der Waals surface area contributed by atoms with Crippen molar-refractivity contribution in [2.45, 2.75) is 68.8 Å². The Morgan fingerprint density at radius 2 is 1.74 bits per heavy atom. The van der Waals surface area contributed by atoms with E-state index >= 15 is 0 Å². The Balaban J connectivity index is 1.30. The van der Waals surface area contributed by atoms with E-state index in [2.05, 4.69) is 5.32 Å². The maximum atomic E-state index is 5.99. The lowest BCUT2D eigenvalue weighted by atomic mass is 10.0. The maximum absolute atomic E-state index is 5.99. The van der Waals surface area contributed by atoms with Gasteiger partial charge in [-0.3, -0.25) is 0 Å². The normalized spacial score (nSPS) is 42.0. The third kappa shape index (κ3) is 2.43. The fourth-order valence-electron chi connectivity index (χ4n) is 3.69. The van der Waals surface area contributed by atoms with Crippen molar-refractivity contribution >= 4 is 0 Å². The molecule has 1 N–H and O–H groups in total. The molecular formula is C14H23NO4. The zero-order valence-electron chi connectivity index (χ0n) is 11.3. The van der Waals surface area contributed by atoms with Crippen LogP contribution in [0.25, 0.3) is 0 Å². The lowest BCUT2D eigenvalue weighted by molar-refractivity contribution is -0.272. The maximum Gasteiger partial charge on any atom is 0.173 e. The van der Waals surface area contributed by atoms with Gasteiger partial charge in [0.05, 0.1) is 38.0 Å².